The van der Waals surface area contributed by atoms with Gasteiger partial charge in [-0.3, -0.25) is 9.59 Å². The van der Waals surface area contributed by atoms with E-state index in [9.17, 15) is 37.1 Å². The van der Waals surface area contributed by atoms with Crippen LogP contribution in [0.1, 0.15) is 60.2 Å². The Bertz CT molecular complexity index is 2070. The van der Waals surface area contributed by atoms with Gasteiger partial charge in [-0.1, -0.05) is 36.7 Å². The Morgan fingerprint density at radius 1 is 0.934 bits per heavy atom. The van der Waals surface area contributed by atoms with E-state index in [-0.39, 0.29) is 66.9 Å². The summed E-state index contributed by atoms with van der Waals surface area (Å²) in [5.74, 6) is -1.48. The second-order valence-electron chi connectivity index (χ2n) is 15.3. The second kappa shape index (κ2) is 19.8. The number of piperidine rings is 1. The van der Waals surface area contributed by atoms with Crippen molar-refractivity contribution in [2.75, 3.05) is 81.5 Å². The monoisotopic (exact) mass is 869 g/mol. The van der Waals surface area contributed by atoms with Gasteiger partial charge in [-0.2, -0.15) is 13.2 Å². The number of carbonyl (C=O) groups excluding carboxylic acids is 5. The first-order chi connectivity index (χ1) is 29.2. The van der Waals surface area contributed by atoms with E-state index in [1.165, 1.54) is 15.9 Å². The van der Waals surface area contributed by atoms with E-state index in [1.807, 2.05) is 43.0 Å². The number of nitrogens with zero attached hydrogens (tertiary/aromatic N) is 5. The Hall–Kier alpha value is -5.71. The van der Waals surface area contributed by atoms with Gasteiger partial charge in [0.1, 0.15) is 0 Å². The maximum absolute atomic E-state index is 14.1. The molecule has 0 aromatic heterocycles. The van der Waals surface area contributed by atoms with Gasteiger partial charge in [-0.05, 0) is 86.2 Å². The number of fused-ring (bicyclic) bond motifs is 1. The zero-order chi connectivity index (χ0) is 43.8. The zero-order valence-corrected chi connectivity index (χ0v) is 35.0. The quantitative estimate of drug-likeness (QED) is 0.157. The number of nitrogens with one attached hydrogen (secondary N) is 1. The van der Waals surface area contributed by atoms with Gasteiger partial charge in [-0.15, -0.1) is 0 Å². The van der Waals surface area contributed by atoms with Gasteiger partial charge in [0.05, 0.1) is 21.8 Å². The van der Waals surface area contributed by atoms with Crippen molar-refractivity contribution in [1.29, 1.82) is 0 Å². The van der Waals surface area contributed by atoms with Crippen molar-refractivity contribution in [3.05, 3.63) is 87.9 Å². The van der Waals surface area contributed by atoms with Crippen LogP contribution in [0.15, 0.2) is 60.7 Å². The van der Waals surface area contributed by atoms with Crippen LogP contribution in [0.3, 0.4) is 0 Å². The Kier molecular flexibility index (Phi) is 14.5. The van der Waals surface area contributed by atoms with E-state index in [1.54, 1.807) is 34.1 Å². The highest BCUT2D eigenvalue weighted by molar-refractivity contribution is 6.33. The molecule has 0 saturated carbocycles. The molecule has 2 saturated heterocycles. The third-order valence-electron chi connectivity index (χ3n) is 11.4. The lowest BCUT2D eigenvalue weighted by molar-refractivity contribution is -0.141. The predicted molar refractivity (Wildman–Crippen MR) is 223 cm³/mol. The first-order valence-electron chi connectivity index (χ1n) is 20.5. The number of rotatable bonds is 12. The Morgan fingerprint density at radius 2 is 1.62 bits per heavy atom. The minimum atomic E-state index is -4.82. The maximum atomic E-state index is 14.1. The van der Waals surface area contributed by atoms with E-state index < -0.39 is 47.9 Å². The molecule has 3 N–H and O–H groups in total. The number of urea groups is 1. The molecular formula is C43H51ClF3N7O7. The highest BCUT2D eigenvalue weighted by atomic mass is 35.5. The average Bonchev–Trinajstić information content (AvgIpc) is 3.42. The normalized spacial score (nSPS) is 16.6. The fourth-order valence-corrected chi connectivity index (χ4v) is 8.18. The first kappa shape index (κ1) is 44.8. The molecule has 18 heteroatoms. The number of esters is 1. The summed E-state index contributed by atoms with van der Waals surface area (Å²) in [5, 5.41) is 2.63. The number of hydrogen-bond acceptors (Lipinski definition) is 9. The number of ether oxygens (including phenoxy) is 2. The summed E-state index contributed by atoms with van der Waals surface area (Å²) in [7, 11) is 0. The number of carbonyl (C=O) groups is 5. The molecule has 3 aromatic carbocycles. The largest absolute Gasteiger partial charge is 0.452 e. The molecule has 0 aliphatic carbocycles. The van der Waals surface area contributed by atoms with Crippen molar-refractivity contribution in [2.24, 2.45) is 0 Å². The van der Waals surface area contributed by atoms with Crippen LogP contribution in [0.5, 0.6) is 0 Å². The fourth-order valence-electron chi connectivity index (χ4n) is 7.94. The van der Waals surface area contributed by atoms with Crippen LogP contribution in [-0.4, -0.2) is 127 Å². The molecule has 0 radical (unpaired) electrons. The van der Waals surface area contributed by atoms with Crippen LogP contribution < -0.4 is 16.0 Å². The number of halogens is 4. The fraction of sp³-hybridized carbons (Fsp3) is 0.465. The first-order valence-corrected chi connectivity index (χ1v) is 20.9. The van der Waals surface area contributed by atoms with E-state index >= 15 is 0 Å². The van der Waals surface area contributed by atoms with Crippen LogP contribution in [0, 0.1) is 0 Å². The third-order valence-corrected chi connectivity index (χ3v) is 11.7. The summed E-state index contributed by atoms with van der Waals surface area (Å²) in [5.41, 5.74) is 6.71. The van der Waals surface area contributed by atoms with Crippen LogP contribution in [0.2, 0.25) is 5.02 Å². The van der Waals surface area contributed by atoms with Gasteiger partial charge in [0, 0.05) is 82.7 Å². The molecule has 3 aromatic rings. The molecule has 61 heavy (non-hydrogen) atoms. The smallest absolute Gasteiger partial charge is 0.418 e. The summed E-state index contributed by atoms with van der Waals surface area (Å²) >= 11 is 6.13. The van der Waals surface area contributed by atoms with Crippen molar-refractivity contribution in [1.82, 2.24) is 19.6 Å². The lowest BCUT2D eigenvalue weighted by Gasteiger charge is -2.39. The molecular weight excluding hydrogens is 819 g/mol. The predicted octanol–water partition coefficient (Wildman–Crippen LogP) is 6.31. The Labute approximate surface area is 357 Å². The summed E-state index contributed by atoms with van der Waals surface area (Å²) in [4.78, 5) is 74.4. The van der Waals surface area contributed by atoms with Gasteiger partial charge in [0.25, 0.3) is 11.8 Å². The number of anilines is 3. The molecule has 6 rings (SSSR count). The van der Waals surface area contributed by atoms with Crippen molar-refractivity contribution in [3.8, 4) is 0 Å². The minimum absolute atomic E-state index is 0.00910. The molecule has 328 valence electrons. The molecule has 5 amide bonds. The highest BCUT2D eigenvalue weighted by Gasteiger charge is 2.38. The van der Waals surface area contributed by atoms with Crippen molar-refractivity contribution >= 4 is 58.6 Å². The number of para-hydroxylation sites is 1. The molecule has 0 spiro atoms. The standard InChI is InChI=1S/C43H51ClF3N7O7/c1-3-16-50(4-2)37(55)27-60-40(57)30-9-11-31(12-10-30)51-20-22-52(23-21-51)39(56)36(26-28-24-33(43(45,46)47)38(48)34(44)25-28)61-42(59)53-17-14-32(15-18-53)54-19-13-29-7-5-6-8-35(29)49-41(54)58/h5-12,24-25,32,36H,3-4,13-23,26-27,48H2,1-2H3,(H,49,58)/t36-/m1/s1. The lowest BCUT2D eigenvalue weighted by Crippen LogP contribution is -2.54. The lowest BCUT2D eigenvalue weighted by atomic mass is 10.0. The molecule has 2 fully saturated rings. The number of hydrogen-bond donors (Lipinski definition) is 2. The SMILES string of the molecule is CCCN(CC)C(=O)COC(=O)c1ccc(N2CCN(C(=O)[C@@H](Cc3cc(Cl)c(N)c(C(F)(F)F)c3)OC(=O)N3CCC(N4CCc5ccccc5NC4=O)CC3)CC2)cc1. The van der Waals surface area contributed by atoms with Crippen LogP contribution in [0.25, 0.3) is 0 Å². The number of nitrogens with two attached hydrogens (primary N) is 1. The second-order valence-corrected chi connectivity index (χ2v) is 15.7. The van der Waals surface area contributed by atoms with Crippen LogP contribution in [-0.2, 0) is 38.1 Å². The minimum Gasteiger partial charge on any atom is -0.452 e. The van der Waals surface area contributed by atoms with E-state index in [2.05, 4.69) is 5.32 Å². The maximum Gasteiger partial charge on any atom is 0.418 e. The Morgan fingerprint density at radius 3 is 2.28 bits per heavy atom. The average molecular weight is 870 g/mol. The van der Waals surface area contributed by atoms with E-state index in [0.29, 0.717) is 52.0 Å². The summed E-state index contributed by atoms with van der Waals surface area (Å²) < 4.78 is 52.9. The Balaban J connectivity index is 1.09. The summed E-state index contributed by atoms with van der Waals surface area (Å²) in [6.45, 7) is 6.65. The number of likely N-dealkylation sites (tertiary alicyclic amines) is 1. The molecule has 0 bridgehead atoms. The van der Waals surface area contributed by atoms with E-state index in [0.717, 1.165) is 29.4 Å². The number of alkyl halides is 3. The number of benzene rings is 3. The van der Waals surface area contributed by atoms with Crippen LogP contribution in [0.4, 0.5) is 39.8 Å². The summed E-state index contributed by atoms with van der Waals surface area (Å²) in [6.07, 6.45) is -5.13. The molecule has 3 heterocycles. The number of amides is 5. The van der Waals surface area contributed by atoms with Crippen molar-refractivity contribution < 1.29 is 46.6 Å². The van der Waals surface area contributed by atoms with Gasteiger partial charge < -0.3 is 45.0 Å². The van der Waals surface area contributed by atoms with Crippen molar-refractivity contribution in [3.63, 3.8) is 0 Å². The van der Waals surface area contributed by atoms with Gasteiger partial charge >= 0.3 is 24.3 Å². The molecule has 14 nitrogen and oxygen atoms in total. The highest BCUT2D eigenvalue weighted by Crippen LogP contribution is 2.38. The molecule has 0 unspecified atom stereocenters. The molecule has 3 aliphatic rings. The number of piperazine rings is 1. The van der Waals surface area contributed by atoms with Gasteiger partial charge in [-0.25, -0.2) is 14.4 Å². The molecule has 1 atom stereocenters. The number of nitrogen functional groups attached to an aromatic ring is 1. The summed E-state index contributed by atoms with van der Waals surface area (Å²) in [6, 6.07) is 16.0. The van der Waals surface area contributed by atoms with Crippen LogP contribution >= 0.6 is 11.6 Å². The molecule has 3 aliphatic heterocycles. The van der Waals surface area contributed by atoms with Gasteiger partial charge in [0.2, 0.25) is 0 Å². The topological polar surface area (TPSA) is 158 Å². The van der Waals surface area contributed by atoms with Crippen molar-refractivity contribution in [2.45, 2.75) is 64.3 Å². The number of likely N-dealkylation sites (N-methyl/N-ethyl adjacent to an activating group) is 1. The third kappa shape index (κ3) is 11.0. The van der Waals surface area contributed by atoms with E-state index in [4.69, 9.17) is 26.8 Å². The van der Waals surface area contributed by atoms with Gasteiger partial charge in [0.15, 0.2) is 12.7 Å². The zero-order valence-electron chi connectivity index (χ0n) is 34.2.